The van der Waals surface area contributed by atoms with Gasteiger partial charge in [-0.05, 0) is 31.5 Å². The summed E-state index contributed by atoms with van der Waals surface area (Å²) in [6.07, 6.45) is 0. The van der Waals surface area contributed by atoms with Crippen LogP contribution < -0.4 is 5.73 Å². The number of anilines is 1. The van der Waals surface area contributed by atoms with Crippen LogP contribution >= 0.6 is 11.3 Å². The van der Waals surface area contributed by atoms with Gasteiger partial charge in [0.25, 0.3) is 0 Å². The molecule has 0 unspecified atom stereocenters. The summed E-state index contributed by atoms with van der Waals surface area (Å²) in [5, 5.41) is 10.5. The normalized spacial score (nSPS) is 11.1. The number of benzene rings is 2. The van der Waals surface area contributed by atoms with Crippen LogP contribution in [0.4, 0.5) is 14.6 Å². The summed E-state index contributed by atoms with van der Waals surface area (Å²) in [6.45, 7) is 4.07. The topological polar surface area (TPSA) is 69.6 Å². The lowest BCUT2D eigenvalue weighted by Crippen LogP contribution is -2.05. The van der Waals surface area contributed by atoms with Crippen molar-refractivity contribution in [1.29, 1.82) is 0 Å². The third-order valence-electron chi connectivity index (χ3n) is 4.21. The monoisotopic (exact) mass is 383 g/mol. The summed E-state index contributed by atoms with van der Waals surface area (Å²) in [4.78, 5) is 4.61. The fourth-order valence-electron chi connectivity index (χ4n) is 2.88. The Morgan fingerprint density at radius 2 is 1.89 bits per heavy atom. The molecule has 2 N–H and O–H groups in total. The lowest BCUT2D eigenvalue weighted by Gasteiger charge is -2.04. The van der Waals surface area contributed by atoms with Crippen molar-refractivity contribution in [3.63, 3.8) is 0 Å². The number of hydrogen-bond acceptors (Lipinski definition) is 5. The van der Waals surface area contributed by atoms with Crippen LogP contribution in [0.25, 0.3) is 27.6 Å². The third-order valence-corrected chi connectivity index (χ3v) is 5.06. The number of rotatable bonds is 3. The van der Waals surface area contributed by atoms with Gasteiger partial charge in [-0.2, -0.15) is 4.68 Å². The van der Waals surface area contributed by atoms with Crippen molar-refractivity contribution in [1.82, 2.24) is 20.0 Å². The fourth-order valence-corrected chi connectivity index (χ4v) is 3.69. The van der Waals surface area contributed by atoms with Gasteiger partial charge in [-0.3, -0.25) is 0 Å². The fraction of sp³-hybridized carbons (Fsp3) is 0.105. The van der Waals surface area contributed by atoms with Crippen molar-refractivity contribution < 1.29 is 8.78 Å². The van der Waals surface area contributed by atoms with Crippen LogP contribution in [0.3, 0.4) is 0 Å². The number of halogens is 2. The Bertz CT molecular complexity index is 1150. The molecule has 0 amide bonds. The minimum absolute atomic E-state index is 0.0267. The predicted octanol–water partition coefficient (Wildman–Crippen LogP) is 4.54. The molecule has 0 saturated carbocycles. The maximum atomic E-state index is 14.0. The van der Waals surface area contributed by atoms with E-state index in [9.17, 15) is 8.78 Å². The first-order chi connectivity index (χ1) is 12.9. The van der Waals surface area contributed by atoms with E-state index in [2.05, 4.69) is 21.4 Å². The zero-order chi connectivity index (χ0) is 19.1. The van der Waals surface area contributed by atoms with Gasteiger partial charge in [0.1, 0.15) is 16.5 Å². The Morgan fingerprint density at radius 1 is 1.07 bits per heavy atom. The smallest absolute Gasteiger partial charge is 0.165 e. The lowest BCUT2D eigenvalue weighted by atomic mass is 10.0. The van der Waals surface area contributed by atoms with Gasteiger partial charge in [-0.1, -0.05) is 29.0 Å². The Labute approximate surface area is 158 Å². The number of nitrogens with two attached hydrogens (primary N) is 1. The molecule has 0 aliphatic heterocycles. The summed E-state index contributed by atoms with van der Waals surface area (Å²) >= 11 is 1.38. The zero-order valence-corrected chi connectivity index (χ0v) is 15.4. The molecule has 8 heteroatoms. The SMILES string of the molecule is Cc1ccc(-c2csc(-c3nnn(-c4ccc(F)cc4F)c3N)n2)c(C)c1. The molecule has 2 heterocycles. The quantitative estimate of drug-likeness (QED) is 0.564. The standard InChI is InChI=1S/C19H15F2N5S/c1-10-3-5-13(11(2)7-10)15-9-27-19(23-15)17-18(22)26(25-24-17)16-6-4-12(20)8-14(16)21/h3-9H,22H2,1-2H3. The largest absolute Gasteiger partial charge is 0.382 e. The Balaban J connectivity index is 1.73. The molecule has 2 aromatic carbocycles. The summed E-state index contributed by atoms with van der Waals surface area (Å²) in [7, 11) is 0. The van der Waals surface area contributed by atoms with E-state index in [4.69, 9.17) is 5.73 Å². The Kier molecular flexibility index (Phi) is 4.19. The summed E-state index contributed by atoms with van der Waals surface area (Å²) in [5.41, 5.74) is 10.6. The number of aryl methyl sites for hydroxylation is 2. The van der Waals surface area contributed by atoms with Crippen LogP contribution in [0.2, 0.25) is 0 Å². The molecule has 0 atom stereocenters. The lowest BCUT2D eigenvalue weighted by molar-refractivity contribution is 0.572. The van der Waals surface area contributed by atoms with E-state index >= 15 is 0 Å². The van der Waals surface area contributed by atoms with Crippen LogP contribution in [0, 0.1) is 25.5 Å². The molecule has 2 aromatic heterocycles. The molecule has 0 bridgehead atoms. The van der Waals surface area contributed by atoms with E-state index in [0.29, 0.717) is 10.7 Å². The van der Waals surface area contributed by atoms with E-state index in [1.54, 1.807) is 0 Å². The van der Waals surface area contributed by atoms with Crippen molar-refractivity contribution in [3.05, 3.63) is 64.5 Å². The molecule has 136 valence electrons. The van der Waals surface area contributed by atoms with Gasteiger partial charge in [0, 0.05) is 17.0 Å². The maximum absolute atomic E-state index is 14.0. The second kappa shape index (κ2) is 6.55. The van der Waals surface area contributed by atoms with Crippen molar-refractivity contribution in [2.24, 2.45) is 0 Å². The predicted molar refractivity (Wildman–Crippen MR) is 102 cm³/mol. The van der Waals surface area contributed by atoms with Crippen LogP contribution in [-0.2, 0) is 0 Å². The molecule has 4 rings (SSSR count). The number of nitrogens with zero attached hydrogens (tertiary/aromatic N) is 4. The van der Waals surface area contributed by atoms with E-state index in [-0.39, 0.29) is 11.5 Å². The molecule has 0 fully saturated rings. The van der Waals surface area contributed by atoms with Crippen molar-refractivity contribution >= 4 is 17.2 Å². The van der Waals surface area contributed by atoms with E-state index in [1.807, 2.05) is 31.4 Å². The molecule has 0 aliphatic rings. The number of thiazole rings is 1. The highest BCUT2D eigenvalue weighted by molar-refractivity contribution is 7.13. The zero-order valence-electron chi connectivity index (χ0n) is 14.6. The third kappa shape index (κ3) is 3.08. The Morgan fingerprint density at radius 3 is 2.63 bits per heavy atom. The summed E-state index contributed by atoms with van der Waals surface area (Å²) < 4.78 is 28.3. The average molecular weight is 383 g/mol. The minimum atomic E-state index is -0.770. The van der Waals surface area contributed by atoms with Gasteiger partial charge in [0.15, 0.2) is 17.3 Å². The van der Waals surface area contributed by atoms with E-state index < -0.39 is 11.6 Å². The molecule has 0 aliphatic carbocycles. The van der Waals surface area contributed by atoms with Gasteiger partial charge in [0.2, 0.25) is 0 Å². The first-order valence-corrected chi connectivity index (χ1v) is 9.02. The van der Waals surface area contributed by atoms with E-state index in [0.717, 1.165) is 33.6 Å². The molecule has 27 heavy (non-hydrogen) atoms. The molecular formula is C19H15F2N5S. The highest BCUT2D eigenvalue weighted by Crippen LogP contribution is 2.33. The molecule has 5 nitrogen and oxygen atoms in total. The summed E-state index contributed by atoms with van der Waals surface area (Å²) in [5.74, 6) is -1.30. The van der Waals surface area contributed by atoms with Crippen molar-refractivity contribution in [3.8, 4) is 27.6 Å². The molecule has 0 spiro atoms. The second-order valence-electron chi connectivity index (χ2n) is 6.19. The van der Waals surface area contributed by atoms with Gasteiger partial charge in [-0.25, -0.2) is 13.8 Å². The minimum Gasteiger partial charge on any atom is -0.382 e. The number of hydrogen-bond donors (Lipinski definition) is 1. The van der Waals surface area contributed by atoms with Crippen LogP contribution in [-0.4, -0.2) is 20.0 Å². The highest BCUT2D eigenvalue weighted by Gasteiger charge is 2.19. The molecule has 4 aromatic rings. The molecule has 0 saturated heterocycles. The average Bonchev–Trinajstić information content (AvgIpc) is 3.22. The van der Waals surface area contributed by atoms with Crippen LogP contribution in [0.15, 0.2) is 41.8 Å². The highest BCUT2D eigenvalue weighted by atomic mass is 32.1. The Hall–Kier alpha value is -3.13. The first kappa shape index (κ1) is 17.3. The van der Waals surface area contributed by atoms with Gasteiger partial charge in [0.05, 0.1) is 5.69 Å². The van der Waals surface area contributed by atoms with Gasteiger partial charge >= 0.3 is 0 Å². The van der Waals surface area contributed by atoms with Gasteiger partial charge < -0.3 is 5.73 Å². The summed E-state index contributed by atoms with van der Waals surface area (Å²) in [6, 6.07) is 9.33. The molecular weight excluding hydrogens is 368 g/mol. The van der Waals surface area contributed by atoms with Crippen LogP contribution in [0.1, 0.15) is 11.1 Å². The maximum Gasteiger partial charge on any atom is 0.165 e. The second-order valence-corrected chi connectivity index (χ2v) is 7.05. The first-order valence-electron chi connectivity index (χ1n) is 8.14. The number of aromatic nitrogens is 4. The number of nitrogen functional groups attached to an aromatic ring is 1. The van der Waals surface area contributed by atoms with E-state index in [1.165, 1.54) is 23.0 Å². The van der Waals surface area contributed by atoms with Crippen molar-refractivity contribution in [2.75, 3.05) is 5.73 Å². The van der Waals surface area contributed by atoms with Crippen molar-refractivity contribution in [2.45, 2.75) is 13.8 Å². The van der Waals surface area contributed by atoms with Gasteiger partial charge in [-0.15, -0.1) is 16.4 Å². The van der Waals surface area contributed by atoms with Crippen LogP contribution in [0.5, 0.6) is 0 Å². The molecule has 0 radical (unpaired) electrons.